The summed E-state index contributed by atoms with van der Waals surface area (Å²) in [6.45, 7) is 2.43. The van der Waals surface area contributed by atoms with Crippen LogP contribution in [0.15, 0.2) is 12.1 Å². The Morgan fingerprint density at radius 1 is 1.22 bits per heavy atom. The minimum atomic E-state index is -4.43. The van der Waals surface area contributed by atoms with Crippen molar-refractivity contribution in [3.63, 3.8) is 0 Å². The maximum Gasteiger partial charge on any atom is 0.416 e. The van der Waals surface area contributed by atoms with E-state index in [0.717, 1.165) is 37.8 Å². The Morgan fingerprint density at radius 3 is 2.56 bits per heavy atom. The molecule has 3 nitrogen and oxygen atoms in total. The minimum absolute atomic E-state index is 0.0705. The number of anilines is 1. The van der Waals surface area contributed by atoms with E-state index in [1.54, 1.807) is 0 Å². The molecule has 0 saturated heterocycles. The predicted molar refractivity (Wildman–Crippen MR) is 63.3 cm³/mol. The van der Waals surface area contributed by atoms with Gasteiger partial charge in [0.2, 0.25) is 5.88 Å². The van der Waals surface area contributed by atoms with Crippen LogP contribution in [0.25, 0.3) is 0 Å². The van der Waals surface area contributed by atoms with Gasteiger partial charge >= 0.3 is 6.18 Å². The highest BCUT2D eigenvalue weighted by molar-refractivity contribution is 5.38. The van der Waals surface area contributed by atoms with Gasteiger partial charge in [0, 0.05) is 6.07 Å². The maximum atomic E-state index is 12.5. The first-order valence-electron chi connectivity index (χ1n) is 5.91. The van der Waals surface area contributed by atoms with Crippen molar-refractivity contribution < 1.29 is 17.9 Å². The predicted octanol–water partition coefficient (Wildman–Crippen LogP) is 3.64. The Kier molecular flexibility index (Phi) is 5.25. The smallest absolute Gasteiger partial charge is 0.416 e. The molecule has 0 fully saturated rings. The molecule has 2 N–H and O–H groups in total. The summed E-state index contributed by atoms with van der Waals surface area (Å²) in [4.78, 5) is 3.72. The van der Waals surface area contributed by atoms with Crippen LogP contribution in [0, 0.1) is 0 Å². The number of ether oxygens (including phenoxy) is 1. The monoisotopic (exact) mass is 262 g/mol. The molecule has 0 atom stereocenters. The molecule has 0 radical (unpaired) electrons. The van der Waals surface area contributed by atoms with Crippen molar-refractivity contribution in [2.45, 2.75) is 38.8 Å². The van der Waals surface area contributed by atoms with Crippen LogP contribution in [0.4, 0.5) is 19.0 Å². The van der Waals surface area contributed by atoms with E-state index in [1.165, 1.54) is 0 Å². The number of aromatic nitrogens is 1. The summed E-state index contributed by atoms with van der Waals surface area (Å²) in [5, 5.41) is 0. The fourth-order valence-corrected chi connectivity index (χ4v) is 1.47. The van der Waals surface area contributed by atoms with E-state index in [-0.39, 0.29) is 11.7 Å². The Morgan fingerprint density at radius 2 is 1.94 bits per heavy atom. The molecule has 0 amide bonds. The second kappa shape index (κ2) is 6.47. The molecule has 1 rings (SSSR count). The van der Waals surface area contributed by atoms with Crippen LogP contribution in [-0.2, 0) is 6.18 Å². The highest BCUT2D eigenvalue weighted by atomic mass is 19.4. The molecular weight excluding hydrogens is 245 g/mol. The molecule has 0 unspecified atom stereocenters. The van der Waals surface area contributed by atoms with Crippen LogP contribution in [0.3, 0.4) is 0 Å². The van der Waals surface area contributed by atoms with Crippen molar-refractivity contribution in [2.24, 2.45) is 0 Å². The number of unbranched alkanes of at least 4 members (excludes halogenated alkanes) is 3. The van der Waals surface area contributed by atoms with E-state index >= 15 is 0 Å². The quantitative estimate of drug-likeness (QED) is 0.796. The molecule has 1 aromatic heterocycles. The van der Waals surface area contributed by atoms with Crippen molar-refractivity contribution in [3.05, 3.63) is 17.7 Å². The van der Waals surface area contributed by atoms with Gasteiger partial charge in [-0.2, -0.15) is 18.2 Å². The Labute approximate surface area is 104 Å². The second-order valence-corrected chi connectivity index (χ2v) is 4.03. The highest BCUT2D eigenvalue weighted by Crippen LogP contribution is 2.31. The molecule has 1 heterocycles. The zero-order valence-corrected chi connectivity index (χ0v) is 10.3. The number of alkyl halides is 3. The third-order valence-corrected chi connectivity index (χ3v) is 2.40. The number of nitrogens with zero attached hydrogens (tertiary/aromatic N) is 1. The molecule has 0 bridgehead atoms. The van der Waals surface area contributed by atoms with Crippen molar-refractivity contribution in [3.8, 4) is 5.88 Å². The first kappa shape index (κ1) is 14.6. The molecule has 0 aliphatic carbocycles. The molecule has 0 aliphatic rings. The topological polar surface area (TPSA) is 48.1 Å². The van der Waals surface area contributed by atoms with E-state index in [9.17, 15) is 13.2 Å². The molecule has 0 saturated carbocycles. The molecule has 18 heavy (non-hydrogen) atoms. The van der Waals surface area contributed by atoms with Gasteiger partial charge in [-0.1, -0.05) is 26.2 Å². The molecule has 6 heteroatoms. The Hall–Kier alpha value is -1.46. The van der Waals surface area contributed by atoms with Crippen molar-refractivity contribution in [2.75, 3.05) is 12.3 Å². The van der Waals surface area contributed by atoms with Gasteiger partial charge < -0.3 is 10.5 Å². The first-order chi connectivity index (χ1) is 8.43. The molecule has 102 valence electrons. The minimum Gasteiger partial charge on any atom is -0.478 e. The lowest BCUT2D eigenvalue weighted by atomic mass is 10.2. The van der Waals surface area contributed by atoms with Crippen molar-refractivity contribution in [1.29, 1.82) is 0 Å². The average Bonchev–Trinajstić information content (AvgIpc) is 2.27. The van der Waals surface area contributed by atoms with Crippen LogP contribution >= 0.6 is 0 Å². The number of nitrogens with two attached hydrogens (primary N) is 1. The highest BCUT2D eigenvalue weighted by Gasteiger charge is 2.31. The molecule has 0 spiro atoms. The number of rotatable bonds is 6. The lowest BCUT2D eigenvalue weighted by molar-refractivity contribution is -0.137. The largest absolute Gasteiger partial charge is 0.478 e. The van der Waals surface area contributed by atoms with Gasteiger partial charge in [-0.3, -0.25) is 0 Å². The summed E-state index contributed by atoms with van der Waals surface area (Å²) in [6.07, 6.45) is -0.468. The molecule has 0 aromatic carbocycles. The Balaban J connectivity index is 2.58. The molecule has 1 aromatic rings. The molecule has 0 aliphatic heterocycles. The number of nitrogen functional groups attached to an aromatic ring is 1. The Bertz CT molecular complexity index is 380. The van der Waals surface area contributed by atoms with Gasteiger partial charge in [0.15, 0.2) is 0 Å². The van der Waals surface area contributed by atoms with Crippen LogP contribution in [0.1, 0.15) is 38.2 Å². The fourth-order valence-electron chi connectivity index (χ4n) is 1.47. The van der Waals surface area contributed by atoms with Gasteiger partial charge in [0.05, 0.1) is 12.2 Å². The van der Waals surface area contributed by atoms with Crippen LogP contribution in [-0.4, -0.2) is 11.6 Å². The maximum absolute atomic E-state index is 12.5. The average molecular weight is 262 g/mol. The van der Waals surface area contributed by atoms with Crippen LogP contribution < -0.4 is 10.5 Å². The zero-order valence-electron chi connectivity index (χ0n) is 10.3. The summed E-state index contributed by atoms with van der Waals surface area (Å²) in [5.74, 6) is -0.257. The third-order valence-electron chi connectivity index (χ3n) is 2.40. The molecular formula is C12H17F3N2O. The number of pyridine rings is 1. The zero-order chi connectivity index (χ0) is 13.6. The van der Waals surface area contributed by atoms with E-state index in [0.29, 0.717) is 6.61 Å². The summed E-state index contributed by atoms with van der Waals surface area (Å²) in [6, 6.07) is 1.67. The second-order valence-electron chi connectivity index (χ2n) is 4.03. The fraction of sp³-hybridized carbons (Fsp3) is 0.583. The van der Waals surface area contributed by atoms with Gasteiger partial charge in [0.25, 0.3) is 0 Å². The summed E-state index contributed by atoms with van der Waals surface area (Å²) in [5.41, 5.74) is 4.48. The lowest BCUT2D eigenvalue weighted by Crippen LogP contribution is -2.08. The summed E-state index contributed by atoms with van der Waals surface area (Å²) < 4.78 is 42.7. The first-order valence-corrected chi connectivity index (χ1v) is 5.91. The van der Waals surface area contributed by atoms with Gasteiger partial charge in [-0.05, 0) is 12.5 Å². The van der Waals surface area contributed by atoms with E-state index < -0.39 is 11.7 Å². The van der Waals surface area contributed by atoms with Crippen LogP contribution in [0.2, 0.25) is 0 Å². The summed E-state index contributed by atoms with van der Waals surface area (Å²) >= 11 is 0. The van der Waals surface area contributed by atoms with E-state index in [2.05, 4.69) is 11.9 Å². The number of hydrogen-bond donors (Lipinski definition) is 1. The van der Waals surface area contributed by atoms with Gasteiger partial charge in [-0.15, -0.1) is 0 Å². The normalized spacial score (nSPS) is 11.6. The van der Waals surface area contributed by atoms with E-state index in [1.807, 2.05) is 0 Å². The van der Waals surface area contributed by atoms with Crippen molar-refractivity contribution in [1.82, 2.24) is 4.98 Å². The van der Waals surface area contributed by atoms with Crippen molar-refractivity contribution >= 4 is 5.82 Å². The van der Waals surface area contributed by atoms with Gasteiger partial charge in [-0.25, -0.2) is 0 Å². The number of halogens is 3. The number of hydrogen-bond acceptors (Lipinski definition) is 3. The lowest BCUT2D eigenvalue weighted by Gasteiger charge is -2.10. The summed E-state index contributed by atoms with van der Waals surface area (Å²) in [7, 11) is 0. The van der Waals surface area contributed by atoms with E-state index in [4.69, 9.17) is 10.5 Å². The van der Waals surface area contributed by atoms with Crippen LogP contribution in [0.5, 0.6) is 5.88 Å². The third kappa shape index (κ3) is 4.81. The van der Waals surface area contributed by atoms with Gasteiger partial charge in [0.1, 0.15) is 5.82 Å². The SMILES string of the molecule is CCCCCCOc1cc(C(F)(F)F)cc(N)n1. The standard InChI is InChI=1S/C12H17F3N2O/c1-2-3-4-5-6-18-11-8-9(12(13,14)15)7-10(16)17-11/h7-8H,2-6H2,1H3,(H2,16,17).